The number of hydrogen-bond acceptors (Lipinski definition) is 4. The van der Waals surface area contributed by atoms with Crippen LogP contribution in [0.2, 0.25) is 0 Å². The maximum atomic E-state index is 12.2. The minimum absolute atomic E-state index is 0.138. The van der Waals surface area contributed by atoms with E-state index in [1.165, 1.54) is 0 Å². The van der Waals surface area contributed by atoms with Crippen molar-refractivity contribution >= 4 is 17.3 Å². The van der Waals surface area contributed by atoms with Gasteiger partial charge in [0.2, 0.25) is 0 Å². The number of anilines is 2. The molecule has 5 nitrogen and oxygen atoms in total. The largest absolute Gasteiger partial charge is 0.399 e. The van der Waals surface area contributed by atoms with Gasteiger partial charge in [-0.3, -0.25) is 4.79 Å². The van der Waals surface area contributed by atoms with Gasteiger partial charge in [-0.15, -0.1) is 0 Å². The summed E-state index contributed by atoms with van der Waals surface area (Å²) >= 11 is 0. The molecule has 1 amide bonds. The number of nitrogens with two attached hydrogens (primary N) is 1. The molecule has 0 saturated heterocycles. The monoisotopic (exact) mass is 279 g/mol. The van der Waals surface area contributed by atoms with Crippen LogP contribution in [0.4, 0.5) is 11.4 Å². The molecule has 20 heavy (non-hydrogen) atoms. The molecule has 4 N–H and O–H groups in total. The number of ether oxygens (including phenoxy) is 1. The van der Waals surface area contributed by atoms with Gasteiger partial charge in [0, 0.05) is 31.1 Å². The first-order valence-corrected chi connectivity index (χ1v) is 7.01. The van der Waals surface area contributed by atoms with E-state index in [0.717, 1.165) is 18.5 Å². The Bertz CT molecular complexity index is 435. The summed E-state index contributed by atoms with van der Waals surface area (Å²) in [5.74, 6) is -0.138. The van der Waals surface area contributed by atoms with Crippen LogP contribution in [0.3, 0.4) is 0 Å². The number of nitrogen functional groups attached to an aromatic ring is 1. The van der Waals surface area contributed by atoms with Gasteiger partial charge in [0.25, 0.3) is 5.91 Å². The lowest BCUT2D eigenvalue weighted by Gasteiger charge is -2.18. The third-order valence-electron chi connectivity index (χ3n) is 3.00. The molecule has 0 aliphatic carbocycles. The third-order valence-corrected chi connectivity index (χ3v) is 3.00. The molecule has 5 heteroatoms. The van der Waals surface area contributed by atoms with E-state index in [4.69, 9.17) is 10.5 Å². The summed E-state index contributed by atoms with van der Waals surface area (Å²) in [5, 5.41) is 6.18. The SMILES string of the molecule is CCC[C@H](C)Nc1ccc(N)cc1C(=O)NCCOC. The van der Waals surface area contributed by atoms with Crippen LogP contribution in [0.5, 0.6) is 0 Å². The summed E-state index contributed by atoms with van der Waals surface area (Å²) in [7, 11) is 1.60. The van der Waals surface area contributed by atoms with E-state index in [2.05, 4.69) is 24.5 Å². The van der Waals surface area contributed by atoms with Crippen LogP contribution in [0.25, 0.3) is 0 Å². The molecule has 1 aromatic carbocycles. The number of methoxy groups -OCH3 is 1. The number of hydrogen-bond donors (Lipinski definition) is 3. The van der Waals surface area contributed by atoms with Crippen LogP contribution in [0, 0.1) is 0 Å². The topological polar surface area (TPSA) is 76.4 Å². The lowest BCUT2D eigenvalue weighted by molar-refractivity contribution is 0.0938. The lowest BCUT2D eigenvalue weighted by atomic mass is 10.1. The van der Waals surface area contributed by atoms with Crippen LogP contribution in [-0.2, 0) is 4.74 Å². The van der Waals surface area contributed by atoms with Gasteiger partial charge in [-0.25, -0.2) is 0 Å². The molecular weight excluding hydrogens is 254 g/mol. The Morgan fingerprint density at radius 1 is 1.45 bits per heavy atom. The maximum absolute atomic E-state index is 12.2. The molecule has 0 aromatic heterocycles. The predicted octanol–water partition coefficient (Wildman–Crippen LogP) is 2.25. The normalized spacial score (nSPS) is 11.9. The van der Waals surface area contributed by atoms with Crippen molar-refractivity contribution in [1.29, 1.82) is 0 Å². The van der Waals surface area contributed by atoms with Gasteiger partial charge in [0.15, 0.2) is 0 Å². The van der Waals surface area contributed by atoms with Crippen LogP contribution in [-0.4, -0.2) is 32.2 Å². The first-order chi connectivity index (χ1) is 9.58. The average Bonchev–Trinajstić information content (AvgIpc) is 2.41. The predicted molar refractivity (Wildman–Crippen MR) is 83.1 cm³/mol. The second-order valence-corrected chi connectivity index (χ2v) is 4.89. The first kappa shape index (κ1) is 16.3. The van der Waals surface area contributed by atoms with Crippen LogP contribution in [0.15, 0.2) is 18.2 Å². The van der Waals surface area contributed by atoms with Crippen molar-refractivity contribution in [3.63, 3.8) is 0 Å². The first-order valence-electron chi connectivity index (χ1n) is 7.01. The molecule has 0 saturated carbocycles. The van der Waals surface area contributed by atoms with E-state index in [9.17, 15) is 4.79 Å². The van der Waals surface area contributed by atoms with Crippen molar-refractivity contribution < 1.29 is 9.53 Å². The Hall–Kier alpha value is -1.75. The molecule has 112 valence electrons. The highest BCUT2D eigenvalue weighted by Gasteiger charge is 2.13. The van der Waals surface area contributed by atoms with Crippen molar-refractivity contribution in [3.8, 4) is 0 Å². The Labute approximate surface area is 120 Å². The Morgan fingerprint density at radius 3 is 2.85 bits per heavy atom. The van der Waals surface area contributed by atoms with Crippen molar-refractivity contribution in [2.45, 2.75) is 32.7 Å². The summed E-state index contributed by atoms with van der Waals surface area (Å²) in [5.41, 5.74) is 7.74. The number of carbonyl (C=O) groups excluding carboxylic acids is 1. The van der Waals surface area contributed by atoms with E-state index in [-0.39, 0.29) is 5.91 Å². The minimum atomic E-state index is -0.138. The summed E-state index contributed by atoms with van der Waals surface area (Å²) < 4.78 is 4.92. The molecule has 0 radical (unpaired) electrons. The molecule has 1 aromatic rings. The number of nitrogens with one attached hydrogen (secondary N) is 2. The van der Waals surface area contributed by atoms with Gasteiger partial charge in [0.1, 0.15) is 0 Å². The summed E-state index contributed by atoms with van der Waals surface area (Å²) in [6.45, 7) is 5.21. The molecule has 0 bridgehead atoms. The molecule has 0 aliphatic heterocycles. The van der Waals surface area contributed by atoms with E-state index in [0.29, 0.717) is 30.4 Å². The zero-order chi connectivity index (χ0) is 15.0. The van der Waals surface area contributed by atoms with Crippen LogP contribution >= 0.6 is 0 Å². The van der Waals surface area contributed by atoms with Crippen molar-refractivity contribution in [3.05, 3.63) is 23.8 Å². The number of carbonyl (C=O) groups is 1. The summed E-state index contributed by atoms with van der Waals surface area (Å²) in [6.07, 6.45) is 2.15. The fourth-order valence-corrected chi connectivity index (χ4v) is 2.01. The number of benzene rings is 1. The van der Waals surface area contributed by atoms with Gasteiger partial charge in [-0.2, -0.15) is 0 Å². The Balaban J connectivity index is 2.81. The Kier molecular flexibility index (Phi) is 6.87. The van der Waals surface area contributed by atoms with E-state index in [1.54, 1.807) is 19.2 Å². The van der Waals surface area contributed by atoms with Gasteiger partial charge in [-0.1, -0.05) is 13.3 Å². The van der Waals surface area contributed by atoms with Gasteiger partial charge >= 0.3 is 0 Å². The molecular formula is C15H25N3O2. The smallest absolute Gasteiger partial charge is 0.253 e. The second kappa shape index (κ2) is 8.43. The van der Waals surface area contributed by atoms with Crippen LogP contribution < -0.4 is 16.4 Å². The quantitative estimate of drug-likeness (QED) is 0.504. The standard InChI is InChI=1S/C15H25N3O2/c1-4-5-11(2)18-14-7-6-12(16)10-13(14)15(19)17-8-9-20-3/h6-7,10-11,18H,4-5,8-9,16H2,1-3H3,(H,17,19)/t11-/m0/s1. The highest BCUT2D eigenvalue weighted by Crippen LogP contribution is 2.20. The zero-order valence-corrected chi connectivity index (χ0v) is 12.5. The summed E-state index contributed by atoms with van der Waals surface area (Å²) in [4.78, 5) is 12.2. The van der Waals surface area contributed by atoms with Crippen molar-refractivity contribution in [2.24, 2.45) is 0 Å². The molecule has 0 fully saturated rings. The van der Waals surface area contributed by atoms with E-state index < -0.39 is 0 Å². The molecule has 0 heterocycles. The van der Waals surface area contributed by atoms with Crippen LogP contribution in [0.1, 0.15) is 37.0 Å². The second-order valence-electron chi connectivity index (χ2n) is 4.89. The highest BCUT2D eigenvalue weighted by atomic mass is 16.5. The molecule has 1 rings (SSSR count). The summed E-state index contributed by atoms with van der Waals surface area (Å²) in [6, 6.07) is 5.66. The fraction of sp³-hybridized carbons (Fsp3) is 0.533. The van der Waals surface area contributed by atoms with Crippen molar-refractivity contribution in [2.75, 3.05) is 31.3 Å². The number of rotatable bonds is 8. The lowest BCUT2D eigenvalue weighted by Crippen LogP contribution is -2.28. The van der Waals surface area contributed by atoms with Gasteiger partial charge in [-0.05, 0) is 31.5 Å². The van der Waals surface area contributed by atoms with E-state index >= 15 is 0 Å². The molecule has 0 spiro atoms. The average molecular weight is 279 g/mol. The van der Waals surface area contributed by atoms with Gasteiger partial charge < -0.3 is 21.1 Å². The van der Waals surface area contributed by atoms with E-state index in [1.807, 2.05) is 6.07 Å². The minimum Gasteiger partial charge on any atom is -0.399 e. The van der Waals surface area contributed by atoms with Gasteiger partial charge in [0.05, 0.1) is 12.2 Å². The zero-order valence-electron chi connectivity index (χ0n) is 12.5. The molecule has 0 aliphatic rings. The highest BCUT2D eigenvalue weighted by molar-refractivity contribution is 6.00. The maximum Gasteiger partial charge on any atom is 0.253 e. The molecule has 1 atom stereocenters. The fourth-order valence-electron chi connectivity index (χ4n) is 2.01. The third kappa shape index (κ3) is 5.09. The number of amides is 1. The Morgan fingerprint density at radius 2 is 2.20 bits per heavy atom. The van der Waals surface area contributed by atoms with Crippen molar-refractivity contribution in [1.82, 2.24) is 5.32 Å². The molecule has 0 unspecified atom stereocenters.